The maximum Gasteiger partial charge on any atom is 0.225 e. The zero-order chi connectivity index (χ0) is 23.1. The monoisotopic (exact) mass is 462 g/mol. The molecule has 32 heavy (non-hydrogen) atoms. The van der Waals surface area contributed by atoms with Crippen LogP contribution in [-0.2, 0) is 20.4 Å². The van der Waals surface area contributed by atoms with Gasteiger partial charge >= 0.3 is 0 Å². The topological polar surface area (TPSA) is 93.5 Å². The molecular formula is C23H31FN4O3S. The van der Waals surface area contributed by atoms with Crippen LogP contribution in [-0.4, -0.2) is 59.4 Å². The Morgan fingerprint density at radius 1 is 1.22 bits per heavy atom. The van der Waals surface area contributed by atoms with Crippen LogP contribution in [0.2, 0.25) is 0 Å². The third-order valence-corrected chi connectivity index (χ3v) is 7.39. The Balaban J connectivity index is 0.000000305. The molecule has 1 saturated heterocycles. The van der Waals surface area contributed by atoms with E-state index in [0.29, 0.717) is 38.5 Å². The van der Waals surface area contributed by atoms with E-state index in [1.54, 1.807) is 6.07 Å². The van der Waals surface area contributed by atoms with Gasteiger partial charge in [-0.25, -0.2) is 4.39 Å². The molecule has 4 rings (SSSR count). The number of nitrogens with zero attached hydrogens (tertiary/aromatic N) is 3. The van der Waals surface area contributed by atoms with E-state index >= 15 is 0 Å². The van der Waals surface area contributed by atoms with Crippen LogP contribution in [0.5, 0.6) is 0 Å². The molecule has 7 nitrogen and oxygen atoms in total. The number of rotatable bonds is 5. The molecule has 2 aliphatic carbocycles. The first-order chi connectivity index (χ1) is 15.4. The fourth-order valence-electron chi connectivity index (χ4n) is 4.24. The lowest BCUT2D eigenvalue weighted by atomic mass is 9.88. The highest BCUT2D eigenvalue weighted by atomic mass is 32.2. The van der Waals surface area contributed by atoms with Gasteiger partial charge in [-0.05, 0) is 43.9 Å². The summed E-state index contributed by atoms with van der Waals surface area (Å²) in [6.07, 6.45) is 9.32. The molecule has 0 spiro atoms. The van der Waals surface area contributed by atoms with Gasteiger partial charge in [-0.15, -0.1) is 0 Å². The van der Waals surface area contributed by atoms with E-state index in [1.165, 1.54) is 31.6 Å². The Bertz CT molecular complexity index is 886. The van der Waals surface area contributed by atoms with Crippen molar-refractivity contribution in [3.63, 3.8) is 0 Å². The third-order valence-electron chi connectivity index (χ3n) is 6.44. The zero-order valence-corrected chi connectivity index (χ0v) is 19.3. The summed E-state index contributed by atoms with van der Waals surface area (Å²) in [5.41, 5.74) is 0.327. The molecule has 1 aromatic rings. The predicted molar refractivity (Wildman–Crippen MR) is 121 cm³/mol. The summed E-state index contributed by atoms with van der Waals surface area (Å²) in [6, 6.07) is 6.88. The van der Waals surface area contributed by atoms with Crippen LogP contribution in [0.1, 0.15) is 44.9 Å². The maximum absolute atomic E-state index is 14.0. The van der Waals surface area contributed by atoms with Crippen LogP contribution >= 0.6 is 0 Å². The molecule has 1 aliphatic heterocycles. The van der Waals surface area contributed by atoms with Crippen molar-refractivity contribution < 1.29 is 18.2 Å². The molecule has 0 radical (unpaired) electrons. The number of anilines is 1. The number of nitrogens with one attached hydrogen (secondary N) is 1. The Morgan fingerprint density at radius 3 is 2.34 bits per heavy atom. The fourth-order valence-corrected chi connectivity index (χ4v) is 4.83. The summed E-state index contributed by atoms with van der Waals surface area (Å²) in [6.45, 7) is 2.82. The summed E-state index contributed by atoms with van der Waals surface area (Å²) >= 11 is 0. The fraction of sp³-hybridized carbons (Fsp3) is 0.609. The van der Waals surface area contributed by atoms with Crippen LogP contribution in [0.4, 0.5) is 10.1 Å². The van der Waals surface area contributed by atoms with E-state index < -0.39 is 22.2 Å². The molecule has 2 amide bonds. The summed E-state index contributed by atoms with van der Waals surface area (Å²) in [5.74, 6) is 0.0906. The Morgan fingerprint density at radius 2 is 1.88 bits per heavy atom. The molecule has 3 fully saturated rings. The first kappa shape index (κ1) is 24.2. The van der Waals surface area contributed by atoms with Crippen LogP contribution in [0.25, 0.3) is 0 Å². The smallest absolute Gasteiger partial charge is 0.225 e. The van der Waals surface area contributed by atoms with Crippen molar-refractivity contribution in [3.8, 4) is 6.07 Å². The molecule has 0 aromatic heterocycles. The van der Waals surface area contributed by atoms with Crippen molar-refractivity contribution in [1.82, 2.24) is 10.2 Å². The van der Waals surface area contributed by atoms with E-state index in [1.807, 2.05) is 17.0 Å². The van der Waals surface area contributed by atoms with Gasteiger partial charge in [0.15, 0.2) is 0 Å². The standard InChI is InChI=1S/C18H25FN2O2S.C5H6N2O/c1-24(23)17-8-7-15(13-16(17)19)20-9-11-21(12-10-20)18(22)14-5-3-2-4-6-14;6-3-5(1-2-5)7-4-8/h7-8,13-14H,2-6,9-12H2,1H3;4H,1-2H2,(H,7,8). The van der Waals surface area contributed by atoms with Gasteiger partial charge in [0.2, 0.25) is 12.3 Å². The van der Waals surface area contributed by atoms with Crippen molar-refractivity contribution in [2.24, 2.45) is 5.92 Å². The molecule has 1 aromatic carbocycles. The molecule has 3 aliphatic rings. The molecule has 1 unspecified atom stereocenters. The quantitative estimate of drug-likeness (QED) is 0.679. The average Bonchev–Trinajstić information content (AvgIpc) is 3.60. The molecule has 1 N–H and O–H groups in total. The van der Waals surface area contributed by atoms with Gasteiger partial charge in [0, 0.05) is 44.0 Å². The van der Waals surface area contributed by atoms with E-state index in [4.69, 9.17) is 5.26 Å². The van der Waals surface area contributed by atoms with Crippen LogP contribution in [0, 0.1) is 23.1 Å². The molecular weight excluding hydrogens is 431 g/mol. The molecule has 0 bridgehead atoms. The Labute approximate surface area is 191 Å². The zero-order valence-electron chi connectivity index (χ0n) is 18.5. The molecule has 1 heterocycles. The summed E-state index contributed by atoms with van der Waals surface area (Å²) in [5, 5.41) is 10.8. The lowest BCUT2D eigenvalue weighted by molar-refractivity contribution is -0.136. The highest BCUT2D eigenvalue weighted by molar-refractivity contribution is 7.84. The van der Waals surface area contributed by atoms with Gasteiger partial charge in [-0.2, -0.15) is 5.26 Å². The average molecular weight is 463 g/mol. The number of carbonyl (C=O) groups is 2. The van der Waals surface area contributed by atoms with Crippen molar-refractivity contribution in [2.45, 2.75) is 55.4 Å². The summed E-state index contributed by atoms with van der Waals surface area (Å²) in [4.78, 5) is 26.6. The van der Waals surface area contributed by atoms with Crippen molar-refractivity contribution in [3.05, 3.63) is 24.0 Å². The number of halogens is 1. The largest absolute Gasteiger partial charge is 0.368 e. The van der Waals surface area contributed by atoms with Gasteiger partial charge in [0.1, 0.15) is 11.4 Å². The molecule has 2 saturated carbocycles. The first-order valence-electron chi connectivity index (χ1n) is 11.2. The van der Waals surface area contributed by atoms with E-state index in [2.05, 4.69) is 10.2 Å². The SMILES string of the molecule is CS(=O)c1ccc(N2CCN(C(=O)C3CCCCC3)CC2)cc1F.N#CC1(NC=O)CC1. The normalized spacial score (nSPS) is 20.9. The Hall–Kier alpha value is -2.47. The number of hydrogen-bond acceptors (Lipinski definition) is 5. The number of nitriles is 1. The van der Waals surface area contributed by atoms with Crippen molar-refractivity contribution >= 4 is 28.8 Å². The number of amides is 2. The van der Waals surface area contributed by atoms with E-state index in [-0.39, 0.29) is 10.8 Å². The van der Waals surface area contributed by atoms with Gasteiger partial charge in [0.05, 0.1) is 21.8 Å². The van der Waals surface area contributed by atoms with Gasteiger partial charge in [-0.3, -0.25) is 13.8 Å². The molecule has 174 valence electrons. The lowest BCUT2D eigenvalue weighted by Crippen LogP contribution is -2.50. The summed E-state index contributed by atoms with van der Waals surface area (Å²) in [7, 11) is -1.32. The number of carbonyl (C=O) groups excluding carboxylic acids is 2. The number of benzene rings is 1. The van der Waals surface area contributed by atoms with Crippen LogP contribution in [0.15, 0.2) is 23.1 Å². The minimum absolute atomic E-state index is 0.210. The highest BCUT2D eigenvalue weighted by Gasteiger charge is 2.42. The minimum atomic E-state index is -1.32. The third kappa shape index (κ3) is 6.06. The van der Waals surface area contributed by atoms with Gasteiger partial charge < -0.3 is 15.1 Å². The highest BCUT2D eigenvalue weighted by Crippen LogP contribution is 2.33. The predicted octanol–water partition coefficient (Wildman–Crippen LogP) is 2.58. The van der Waals surface area contributed by atoms with Crippen molar-refractivity contribution in [2.75, 3.05) is 37.3 Å². The van der Waals surface area contributed by atoms with E-state index in [0.717, 1.165) is 31.4 Å². The minimum Gasteiger partial charge on any atom is -0.368 e. The molecule has 9 heteroatoms. The van der Waals surface area contributed by atoms with Gasteiger partial charge in [0.25, 0.3) is 0 Å². The second-order valence-electron chi connectivity index (χ2n) is 8.67. The second kappa shape index (κ2) is 10.9. The maximum atomic E-state index is 14.0. The van der Waals surface area contributed by atoms with Gasteiger partial charge in [-0.1, -0.05) is 19.3 Å². The van der Waals surface area contributed by atoms with Crippen LogP contribution < -0.4 is 10.2 Å². The second-order valence-corrected chi connectivity index (χ2v) is 10.0. The number of piperazine rings is 1. The lowest BCUT2D eigenvalue weighted by Gasteiger charge is -2.38. The number of hydrogen-bond donors (Lipinski definition) is 1. The first-order valence-corrected chi connectivity index (χ1v) is 12.7. The van der Waals surface area contributed by atoms with Crippen LogP contribution in [0.3, 0.4) is 0 Å². The Kier molecular flexibility index (Phi) is 8.24. The molecule has 1 atom stereocenters. The van der Waals surface area contributed by atoms with Crippen molar-refractivity contribution in [1.29, 1.82) is 5.26 Å². The summed E-state index contributed by atoms with van der Waals surface area (Å²) < 4.78 is 25.5. The van der Waals surface area contributed by atoms with E-state index in [9.17, 15) is 18.2 Å².